The summed E-state index contributed by atoms with van der Waals surface area (Å²) in [4.78, 5) is 134. The van der Waals surface area contributed by atoms with Crippen LogP contribution < -0.4 is 43.0 Å². The number of unbranched alkanes of at least 4 members (excludes halogenated alkanes) is 13. The third-order valence-corrected chi connectivity index (χ3v) is 11.8. The average Bonchev–Trinajstić information content (AvgIpc) is 3.37. The van der Waals surface area contributed by atoms with Gasteiger partial charge in [-0.15, -0.1) is 0 Å². The van der Waals surface area contributed by atoms with Crippen LogP contribution >= 0.6 is 0 Å². The number of rotatable bonds is 49. The molecule has 0 aliphatic heterocycles. The van der Waals surface area contributed by atoms with Crippen molar-refractivity contribution < 1.29 is 92.9 Å². The fourth-order valence-corrected chi connectivity index (χ4v) is 7.23. The van der Waals surface area contributed by atoms with Gasteiger partial charge in [-0.25, -0.2) is 0 Å². The van der Waals surface area contributed by atoms with Crippen molar-refractivity contribution in [3.8, 4) is 0 Å². The largest absolute Gasteiger partial charge is 0.481 e. The molecule has 76 heavy (non-hydrogen) atoms. The van der Waals surface area contributed by atoms with Crippen molar-refractivity contribution in [3.63, 3.8) is 0 Å². The number of carbonyl (C=O) groups excluding carboxylic acids is 8. The fraction of sp³-hybridized carbons (Fsp3) is 0.776. The number of aliphatic carboxylic acids is 3. The summed E-state index contributed by atoms with van der Waals surface area (Å²) in [5.74, 6) is -11.3. The summed E-state index contributed by atoms with van der Waals surface area (Å²) >= 11 is 0. The number of aliphatic hydroxyl groups excluding tert-OH is 3. The standard InChI is InChI=1S/C49H86N8O19/c1-33(29-58)45(70)54-35(20-22-42(65)66)46(71)55-36(21-23-43(67)68)47(72)56-38(31-60)49(74)57-37(30-59)48(73)53-34(44(50)69)17-15-16-24-51-40(62)32-76-28-27-75-26-25-52-39(61)18-13-11-9-7-5-3-2-4-6-8-10-12-14-19-41(63)64/h33-38,58-60H,2-32H2,1H3,(H2,50,69)(H,51,62)(H,52,61)(H,53,73)(H,54,70)(H,55,71)(H,56,72)(H,57,74)(H,63,64)(H,65,66)(H,67,68)/t33-,34-,35-,36-,37-,38-/m0/s1. The normalized spacial score (nSPS) is 13.4. The number of nitrogens with one attached hydrogen (secondary N) is 7. The SMILES string of the molecule is C[C@@H](CO)C(=O)N[C@@H](CCC(=O)O)C(=O)N[C@@H](CCC(=O)O)C(=O)N[C@@H](CO)C(=O)N[C@@H](CO)C(=O)N[C@@H](CCCCNC(=O)COCCOCCNC(=O)CCCCCCCCCCCCCCCC(=O)O)C(N)=O. The van der Waals surface area contributed by atoms with Crippen molar-refractivity contribution >= 4 is 65.2 Å². The van der Waals surface area contributed by atoms with Crippen LogP contribution in [0, 0.1) is 5.92 Å². The van der Waals surface area contributed by atoms with Crippen molar-refractivity contribution in [2.45, 2.75) is 178 Å². The number of hydrogen-bond acceptors (Lipinski definition) is 16. The molecule has 27 nitrogen and oxygen atoms in total. The highest BCUT2D eigenvalue weighted by molar-refractivity contribution is 5.96. The number of carboxylic acids is 3. The Morgan fingerprint density at radius 1 is 0.395 bits per heavy atom. The summed E-state index contributed by atoms with van der Waals surface area (Å²) in [6.45, 7) is -0.549. The first kappa shape index (κ1) is 70.0. The Morgan fingerprint density at radius 3 is 1.24 bits per heavy atom. The molecule has 0 unspecified atom stereocenters. The van der Waals surface area contributed by atoms with E-state index in [-0.39, 0.29) is 58.1 Å². The molecule has 0 radical (unpaired) electrons. The molecule has 0 aromatic carbocycles. The third-order valence-electron chi connectivity index (χ3n) is 11.8. The molecular formula is C49H86N8O19. The fourth-order valence-electron chi connectivity index (χ4n) is 7.23. The van der Waals surface area contributed by atoms with Crippen LogP contribution in [0.25, 0.3) is 0 Å². The monoisotopic (exact) mass is 1090 g/mol. The predicted molar refractivity (Wildman–Crippen MR) is 271 cm³/mol. The lowest BCUT2D eigenvalue weighted by atomic mass is 10.0. The van der Waals surface area contributed by atoms with Crippen LogP contribution in [0.15, 0.2) is 0 Å². The van der Waals surface area contributed by atoms with Crippen molar-refractivity contribution in [1.29, 1.82) is 0 Å². The van der Waals surface area contributed by atoms with E-state index in [1.165, 1.54) is 45.4 Å². The molecule has 0 saturated heterocycles. The van der Waals surface area contributed by atoms with E-state index in [1.54, 1.807) is 0 Å². The quantitative estimate of drug-likeness (QED) is 0.0312. The van der Waals surface area contributed by atoms with E-state index in [9.17, 15) is 73.2 Å². The van der Waals surface area contributed by atoms with Crippen LogP contribution in [0.2, 0.25) is 0 Å². The Bertz CT molecular complexity index is 1780. The molecule has 0 aliphatic rings. The van der Waals surface area contributed by atoms with Crippen molar-refractivity contribution in [2.75, 3.05) is 59.3 Å². The molecule has 0 bridgehead atoms. The van der Waals surface area contributed by atoms with E-state index in [2.05, 4.69) is 37.2 Å². The molecule has 0 spiro atoms. The Morgan fingerprint density at radius 2 is 0.789 bits per heavy atom. The lowest BCUT2D eigenvalue weighted by Crippen LogP contribution is -2.60. The molecule has 0 aromatic heterocycles. The van der Waals surface area contributed by atoms with E-state index >= 15 is 0 Å². The Labute approximate surface area is 443 Å². The Kier molecular flexibility index (Phi) is 40.6. The van der Waals surface area contributed by atoms with Crippen LogP contribution in [-0.4, -0.2) is 185 Å². The molecule has 0 aliphatic carbocycles. The van der Waals surface area contributed by atoms with Gasteiger partial charge in [0.05, 0.1) is 45.6 Å². The van der Waals surface area contributed by atoms with E-state index < -0.39 is 141 Å². The Balaban J connectivity index is 4.58. The number of aliphatic hydroxyl groups is 3. The number of hydrogen-bond donors (Lipinski definition) is 14. The van der Waals surface area contributed by atoms with Crippen LogP contribution in [0.3, 0.4) is 0 Å². The summed E-state index contributed by atoms with van der Waals surface area (Å²) in [6, 6.07) is -8.16. The summed E-state index contributed by atoms with van der Waals surface area (Å²) in [5, 5.41) is 72.6. The van der Waals surface area contributed by atoms with Gasteiger partial charge in [-0.2, -0.15) is 0 Å². The van der Waals surface area contributed by atoms with Crippen molar-refractivity contribution in [3.05, 3.63) is 0 Å². The molecule has 0 rings (SSSR count). The number of carboxylic acid groups (broad SMARTS) is 3. The average molecular weight is 1090 g/mol. The van der Waals surface area contributed by atoms with Gasteiger partial charge in [0, 0.05) is 38.8 Å². The lowest BCUT2D eigenvalue weighted by Gasteiger charge is -2.26. The first-order valence-corrected chi connectivity index (χ1v) is 26.2. The second-order valence-electron chi connectivity index (χ2n) is 18.4. The maximum absolute atomic E-state index is 13.3. The van der Waals surface area contributed by atoms with Gasteiger partial charge in [0.25, 0.3) is 0 Å². The number of primary amides is 1. The number of carbonyl (C=O) groups is 11. The van der Waals surface area contributed by atoms with Crippen molar-refractivity contribution in [2.24, 2.45) is 11.7 Å². The second-order valence-corrected chi connectivity index (χ2v) is 18.4. The summed E-state index contributed by atoms with van der Waals surface area (Å²) in [6.07, 6.45) is 13.1. The predicted octanol–water partition coefficient (Wildman–Crippen LogP) is -1.39. The van der Waals surface area contributed by atoms with Gasteiger partial charge in [0.1, 0.15) is 36.8 Å². The van der Waals surface area contributed by atoms with E-state index in [1.807, 2.05) is 0 Å². The maximum Gasteiger partial charge on any atom is 0.303 e. The highest BCUT2D eigenvalue weighted by atomic mass is 16.5. The Hall–Kier alpha value is -6.03. The molecule has 6 atom stereocenters. The minimum absolute atomic E-state index is 0.0125. The smallest absolute Gasteiger partial charge is 0.303 e. The molecule has 15 N–H and O–H groups in total. The second kappa shape index (κ2) is 44.1. The first-order valence-electron chi connectivity index (χ1n) is 26.2. The van der Waals surface area contributed by atoms with Gasteiger partial charge < -0.3 is 83.1 Å². The summed E-state index contributed by atoms with van der Waals surface area (Å²) in [7, 11) is 0. The first-order chi connectivity index (χ1) is 36.2. The topological polar surface area (TPSA) is 438 Å². The molecule has 436 valence electrons. The van der Waals surface area contributed by atoms with Gasteiger partial charge in [0.2, 0.25) is 47.3 Å². The van der Waals surface area contributed by atoms with Gasteiger partial charge in [-0.1, -0.05) is 77.6 Å². The summed E-state index contributed by atoms with van der Waals surface area (Å²) < 4.78 is 10.8. The highest BCUT2D eigenvalue weighted by Gasteiger charge is 2.33. The van der Waals surface area contributed by atoms with Crippen LogP contribution in [0.5, 0.6) is 0 Å². The van der Waals surface area contributed by atoms with E-state index in [4.69, 9.17) is 25.4 Å². The van der Waals surface area contributed by atoms with Gasteiger partial charge in [0.15, 0.2) is 0 Å². The van der Waals surface area contributed by atoms with E-state index in [0.717, 1.165) is 44.9 Å². The van der Waals surface area contributed by atoms with E-state index in [0.29, 0.717) is 19.4 Å². The molecule has 27 heteroatoms. The van der Waals surface area contributed by atoms with Crippen molar-refractivity contribution in [1.82, 2.24) is 37.2 Å². The third kappa shape index (κ3) is 36.8. The van der Waals surface area contributed by atoms with Gasteiger partial charge in [-0.3, -0.25) is 52.7 Å². The zero-order valence-electron chi connectivity index (χ0n) is 44.0. The van der Waals surface area contributed by atoms with Crippen LogP contribution in [0.1, 0.15) is 148 Å². The molecule has 0 saturated carbocycles. The molecule has 0 heterocycles. The summed E-state index contributed by atoms with van der Waals surface area (Å²) in [5.41, 5.74) is 5.46. The molecular weight excluding hydrogens is 1000 g/mol. The van der Waals surface area contributed by atoms with Gasteiger partial charge >= 0.3 is 17.9 Å². The highest BCUT2D eigenvalue weighted by Crippen LogP contribution is 2.14. The lowest BCUT2D eigenvalue weighted by molar-refractivity contribution is -0.140. The number of nitrogens with two attached hydrogens (primary N) is 1. The van der Waals surface area contributed by atoms with Gasteiger partial charge in [-0.05, 0) is 44.9 Å². The minimum Gasteiger partial charge on any atom is -0.481 e. The maximum atomic E-state index is 13.3. The molecule has 0 fully saturated rings. The zero-order chi connectivity index (χ0) is 57.1. The zero-order valence-corrected chi connectivity index (χ0v) is 44.0. The van der Waals surface area contributed by atoms with Crippen LogP contribution in [-0.2, 0) is 62.2 Å². The van der Waals surface area contributed by atoms with Crippen LogP contribution in [0.4, 0.5) is 0 Å². The number of amides is 8. The molecule has 0 aromatic rings. The molecule has 8 amide bonds. The minimum atomic E-state index is -1.85. The number of ether oxygens (including phenoxy) is 2.